The third-order valence-corrected chi connectivity index (χ3v) is 1.02. The Kier molecular flexibility index (Phi) is 1.85. The van der Waals surface area contributed by atoms with Crippen molar-refractivity contribution in [1.29, 1.82) is 0 Å². The van der Waals surface area contributed by atoms with Crippen molar-refractivity contribution in [1.82, 2.24) is 0 Å². The van der Waals surface area contributed by atoms with Crippen molar-refractivity contribution >= 4 is 0 Å². The lowest BCUT2D eigenvalue weighted by molar-refractivity contribution is -0.140. The van der Waals surface area contributed by atoms with E-state index in [1.807, 2.05) is 0 Å². The molecule has 0 spiro atoms. The first-order valence-electron chi connectivity index (χ1n) is 2.67. The molecular weight excluding hydrogens is 160 g/mol. The molecule has 1 aromatic carbocycles. The summed E-state index contributed by atoms with van der Waals surface area (Å²) in [7, 11) is 0. The molecule has 0 atom stereocenters. The summed E-state index contributed by atoms with van der Waals surface area (Å²) in [6, 6.07) is 5.53. The van der Waals surface area contributed by atoms with Gasteiger partial charge in [0.15, 0.2) is 0 Å². The Morgan fingerprint density at radius 2 is 1.64 bits per heavy atom. The smallest absolute Gasteiger partial charge is 0.206 e. The highest BCUT2D eigenvalue weighted by Crippen LogP contribution is 2.30. The number of hydrogen-bond donors (Lipinski definition) is 0. The van der Waals surface area contributed by atoms with Crippen LogP contribution in [0.15, 0.2) is 12.1 Å². The summed E-state index contributed by atoms with van der Waals surface area (Å²) in [5.74, 6) is -1.42. The zero-order valence-corrected chi connectivity index (χ0v) is 5.17. The van der Waals surface area contributed by atoms with Crippen LogP contribution in [0.3, 0.4) is 0 Å². The Morgan fingerprint density at radius 3 is 2.00 bits per heavy atom. The molecule has 0 N–H and O–H groups in total. The molecule has 0 heterocycles. The lowest BCUT2D eigenvalue weighted by atomic mass is 10.2. The molecule has 0 aromatic heterocycles. The average molecular weight is 162 g/mol. The van der Waals surface area contributed by atoms with E-state index in [2.05, 4.69) is 0 Å². The van der Waals surface area contributed by atoms with E-state index in [-0.39, 0.29) is 0 Å². The monoisotopic (exact) mass is 162 g/mol. The second kappa shape index (κ2) is 2.53. The molecule has 0 amide bonds. The van der Waals surface area contributed by atoms with Crippen LogP contribution in [0.2, 0.25) is 0 Å². The molecule has 0 bridgehead atoms. The standard InChI is InChI=1S/C7H2F4/c8-6-4-2-1-3-5(6)7(9,10)11/h1-2H. The predicted octanol–water partition coefficient (Wildman–Crippen LogP) is 2.44. The molecule has 1 rings (SSSR count). The highest BCUT2D eigenvalue weighted by molar-refractivity contribution is 5.17. The summed E-state index contributed by atoms with van der Waals surface area (Å²) in [6.45, 7) is 0. The first-order chi connectivity index (χ1) is 5.02. The molecule has 1 aromatic rings. The van der Waals surface area contributed by atoms with Gasteiger partial charge in [0.1, 0.15) is 5.82 Å². The maximum atomic E-state index is 12.3. The molecule has 0 aliphatic carbocycles. The van der Waals surface area contributed by atoms with Gasteiger partial charge in [0, 0.05) is 6.07 Å². The maximum Gasteiger partial charge on any atom is 0.419 e. The minimum atomic E-state index is -4.68. The van der Waals surface area contributed by atoms with Crippen LogP contribution in [0.25, 0.3) is 0 Å². The zero-order chi connectivity index (χ0) is 8.48. The molecule has 0 nitrogen and oxygen atoms in total. The summed E-state index contributed by atoms with van der Waals surface area (Å²) in [5, 5.41) is 0. The minimum absolute atomic E-state index is 0.964. The Labute approximate surface area is 60.5 Å². The fourth-order valence-corrected chi connectivity index (χ4v) is 0.582. The number of alkyl halides is 3. The quantitative estimate of drug-likeness (QED) is 0.514. The van der Waals surface area contributed by atoms with E-state index in [0.717, 1.165) is 12.1 Å². The van der Waals surface area contributed by atoms with Crippen LogP contribution >= 0.6 is 0 Å². The Morgan fingerprint density at radius 1 is 1.09 bits per heavy atom. The number of benzene rings is 1. The Balaban J connectivity index is 3.14. The van der Waals surface area contributed by atoms with E-state index in [1.54, 1.807) is 12.1 Å². The Bertz CT molecular complexity index is 251. The predicted molar refractivity (Wildman–Crippen MR) is 29.1 cm³/mol. The highest BCUT2D eigenvalue weighted by Gasteiger charge is 2.33. The van der Waals surface area contributed by atoms with Gasteiger partial charge in [-0.15, -0.1) is 0 Å². The molecule has 0 saturated heterocycles. The van der Waals surface area contributed by atoms with Crippen molar-refractivity contribution in [2.24, 2.45) is 0 Å². The molecule has 0 fully saturated rings. The molecule has 58 valence electrons. The van der Waals surface area contributed by atoms with Crippen LogP contribution in [-0.4, -0.2) is 0 Å². The van der Waals surface area contributed by atoms with Gasteiger partial charge in [-0.3, -0.25) is 0 Å². The first-order valence-corrected chi connectivity index (χ1v) is 2.67. The highest BCUT2D eigenvalue weighted by atomic mass is 19.4. The second-order valence-corrected chi connectivity index (χ2v) is 1.81. The zero-order valence-electron chi connectivity index (χ0n) is 5.17. The van der Waals surface area contributed by atoms with Crippen LogP contribution in [0.5, 0.6) is 0 Å². The molecular formula is C7H2F4. The normalized spacial score (nSPS) is 11.6. The van der Waals surface area contributed by atoms with Crippen LogP contribution in [-0.2, 0) is 6.18 Å². The summed E-state index contributed by atoms with van der Waals surface area (Å²) >= 11 is 0. The maximum absolute atomic E-state index is 12.3. The second-order valence-electron chi connectivity index (χ2n) is 1.81. The van der Waals surface area contributed by atoms with E-state index in [1.165, 1.54) is 0 Å². The van der Waals surface area contributed by atoms with Crippen LogP contribution in [0, 0.1) is 17.9 Å². The molecule has 0 unspecified atom stereocenters. The van der Waals surface area contributed by atoms with Crippen LogP contribution in [0.4, 0.5) is 17.6 Å². The van der Waals surface area contributed by atoms with Crippen LogP contribution < -0.4 is 0 Å². The van der Waals surface area contributed by atoms with E-state index in [9.17, 15) is 17.6 Å². The van der Waals surface area contributed by atoms with Crippen molar-refractivity contribution in [3.8, 4) is 0 Å². The van der Waals surface area contributed by atoms with Gasteiger partial charge in [-0.2, -0.15) is 13.2 Å². The molecule has 4 heteroatoms. The van der Waals surface area contributed by atoms with Gasteiger partial charge in [0.2, 0.25) is 0 Å². The van der Waals surface area contributed by atoms with Crippen molar-refractivity contribution in [3.05, 3.63) is 35.6 Å². The first kappa shape index (κ1) is 8.04. The summed E-state index contributed by atoms with van der Waals surface area (Å²) in [5.41, 5.74) is -1.40. The molecule has 2 radical (unpaired) electrons. The van der Waals surface area contributed by atoms with Crippen molar-refractivity contribution < 1.29 is 17.6 Å². The lowest BCUT2D eigenvalue weighted by Gasteiger charge is -2.05. The molecule has 11 heavy (non-hydrogen) atoms. The van der Waals surface area contributed by atoms with Gasteiger partial charge >= 0.3 is 6.18 Å². The minimum Gasteiger partial charge on any atom is -0.206 e. The van der Waals surface area contributed by atoms with E-state index < -0.39 is 17.6 Å². The van der Waals surface area contributed by atoms with Gasteiger partial charge < -0.3 is 0 Å². The van der Waals surface area contributed by atoms with E-state index in [0.29, 0.717) is 0 Å². The molecule has 0 saturated carbocycles. The topological polar surface area (TPSA) is 0 Å². The van der Waals surface area contributed by atoms with Crippen LogP contribution in [0.1, 0.15) is 5.56 Å². The third kappa shape index (κ3) is 1.69. The fourth-order valence-electron chi connectivity index (χ4n) is 0.582. The number of rotatable bonds is 0. The third-order valence-electron chi connectivity index (χ3n) is 1.02. The lowest BCUT2D eigenvalue weighted by Crippen LogP contribution is -2.07. The number of halogens is 4. The largest absolute Gasteiger partial charge is 0.419 e. The number of hydrogen-bond acceptors (Lipinski definition) is 0. The van der Waals surface area contributed by atoms with Gasteiger partial charge in [-0.1, -0.05) is 12.1 Å². The van der Waals surface area contributed by atoms with Gasteiger partial charge in [-0.05, 0) is 6.07 Å². The average Bonchev–Trinajstić information content (AvgIpc) is 1.86. The van der Waals surface area contributed by atoms with E-state index in [4.69, 9.17) is 0 Å². The van der Waals surface area contributed by atoms with Gasteiger partial charge in [0.05, 0.1) is 5.56 Å². The van der Waals surface area contributed by atoms with Crippen molar-refractivity contribution in [2.75, 3.05) is 0 Å². The SMILES string of the molecule is Fc1[c]cc[c]c1C(F)(F)F. The van der Waals surface area contributed by atoms with Crippen molar-refractivity contribution in [2.45, 2.75) is 6.18 Å². The fraction of sp³-hybridized carbons (Fsp3) is 0.143. The summed E-state index contributed by atoms with van der Waals surface area (Å²) in [6.07, 6.45) is -4.68. The molecule has 0 aliphatic rings. The van der Waals surface area contributed by atoms with Gasteiger partial charge in [0.25, 0.3) is 0 Å². The van der Waals surface area contributed by atoms with Gasteiger partial charge in [-0.25, -0.2) is 4.39 Å². The molecule has 0 aliphatic heterocycles. The summed E-state index contributed by atoms with van der Waals surface area (Å²) in [4.78, 5) is 0. The van der Waals surface area contributed by atoms with Crippen molar-refractivity contribution in [3.63, 3.8) is 0 Å². The van der Waals surface area contributed by atoms with E-state index >= 15 is 0 Å². The summed E-state index contributed by atoms with van der Waals surface area (Å²) < 4.78 is 47.6. The Hall–Kier alpha value is -1.06.